The van der Waals surface area contributed by atoms with E-state index in [4.69, 9.17) is 4.74 Å². The first-order valence-corrected chi connectivity index (χ1v) is 7.07. The molecule has 128 valence electrons. The molecule has 24 heavy (non-hydrogen) atoms. The Morgan fingerprint density at radius 1 is 1.29 bits per heavy atom. The van der Waals surface area contributed by atoms with Gasteiger partial charge in [-0.05, 0) is 49.9 Å². The fourth-order valence-corrected chi connectivity index (χ4v) is 2.11. The lowest BCUT2D eigenvalue weighted by Crippen LogP contribution is -2.40. The number of halogens is 1. The van der Waals surface area contributed by atoms with Gasteiger partial charge < -0.3 is 14.9 Å². The Morgan fingerprint density at radius 3 is 2.50 bits per heavy atom. The third-order valence-corrected chi connectivity index (χ3v) is 3.04. The molecule has 0 unspecified atom stereocenters. The molecule has 8 heteroatoms. The van der Waals surface area contributed by atoms with Gasteiger partial charge in [-0.1, -0.05) is 0 Å². The first kappa shape index (κ1) is 17.6. The molecule has 1 aromatic heterocycles. The van der Waals surface area contributed by atoms with Gasteiger partial charge in [-0.25, -0.2) is 19.0 Å². The van der Waals surface area contributed by atoms with Crippen LogP contribution in [0.25, 0.3) is 10.8 Å². The second-order valence-corrected chi connectivity index (χ2v) is 6.08. The first-order chi connectivity index (χ1) is 11.1. The predicted octanol–water partition coefficient (Wildman–Crippen LogP) is 3.29. The van der Waals surface area contributed by atoms with Crippen molar-refractivity contribution < 1.29 is 28.9 Å². The van der Waals surface area contributed by atoms with E-state index >= 15 is 0 Å². The maximum Gasteiger partial charge on any atom is 0.425 e. The number of aliphatic hydroxyl groups excluding tert-OH is 1. The zero-order valence-corrected chi connectivity index (χ0v) is 13.4. The summed E-state index contributed by atoms with van der Waals surface area (Å²) in [7, 11) is 0. The summed E-state index contributed by atoms with van der Waals surface area (Å²) in [5, 5.41) is 19.3. The van der Waals surface area contributed by atoms with Crippen LogP contribution in [0, 0.1) is 5.82 Å². The number of pyridine rings is 1. The zero-order valence-electron chi connectivity index (χ0n) is 13.4. The Labute approximate surface area is 137 Å². The molecule has 0 saturated heterocycles. The molecule has 7 nitrogen and oxygen atoms in total. The van der Waals surface area contributed by atoms with E-state index in [0.29, 0.717) is 21.2 Å². The van der Waals surface area contributed by atoms with Crippen LogP contribution < -0.4 is 4.90 Å². The lowest BCUT2D eigenvalue weighted by Gasteiger charge is -2.24. The van der Waals surface area contributed by atoms with Gasteiger partial charge in [-0.3, -0.25) is 0 Å². The van der Waals surface area contributed by atoms with Crippen LogP contribution in [-0.2, 0) is 11.3 Å². The van der Waals surface area contributed by atoms with Crippen LogP contribution in [-0.4, -0.2) is 33.0 Å². The number of amides is 2. The number of carbonyl (C=O) groups is 2. The van der Waals surface area contributed by atoms with Crippen LogP contribution in [0.3, 0.4) is 0 Å². The third-order valence-electron chi connectivity index (χ3n) is 3.04. The topological polar surface area (TPSA) is 100.0 Å². The molecule has 2 rings (SSSR count). The normalized spacial score (nSPS) is 11.4. The molecule has 2 N–H and O–H groups in total. The van der Waals surface area contributed by atoms with Gasteiger partial charge in [0.15, 0.2) is 0 Å². The van der Waals surface area contributed by atoms with E-state index in [1.165, 1.54) is 12.3 Å². The van der Waals surface area contributed by atoms with Crippen molar-refractivity contribution in [3.8, 4) is 0 Å². The lowest BCUT2D eigenvalue weighted by atomic mass is 10.1. The number of aliphatic hydroxyl groups is 1. The number of aromatic nitrogens is 1. The van der Waals surface area contributed by atoms with Crippen LogP contribution >= 0.6 is 0 Å². The van der Waals surface area contributed by atoms with Crippen molar-refractivity contribution in [1.29, 1.82) is 0 Å². The molecule has 0 saturated carbocycles. The standard InChI is InChI=1S/C16H17FN2O5/c1-16(2,3)24-15(23)19(14(21)22)13-6-9-4-11(17)5-10(8-20)12(9)7-18-13/h4-7,20H,8H2,1-3H3,(H,21,22). The molecule has 1 aromatic carbocycles. The van der Waals surface area contributed by atoms with Crippen LogP contribution in [0.4, 0.5) is 19.8 Å². The van der Waals surface area contributed by atoms with Crippen molar-refractivity contribution in [3.63, 3.8) is 0 Å². The van der Waals surface area contributed by atoms with E-state index in [9.17, 15) is 24.2 Å². The fourth-order valence-electron chi connectivity index (χ4n) is 2.11. The second kappa shape index (κ2) is 6.40. The lowest BCUT2D eigenvalue weighted by molar-refractivity contribution is 0.0581. The number of benzene rings is 1. The molecule has 1 heterocycles. The van der Waals surface area contributed by atoms with E-state index in [-0.39, 0.29) is 5.82 Å². The maximum absolute atomic E-state index is 13.6. The van der Waals surface area contributed by atoms with E-state index in [0.717, 1.165) is 12.1 Å². The van der Waals surface area contributed by atoms with Gasteiger partial charge in [0, 0.05) is 11.6 Å². The van der Waals surface area contributed by atoms with Gasteiger partial charge in [0.1, 0.15) is 17.2 Å². The Bertz CT molecular complexity index is 801. The summed E-state index contributed by atoms with van der Waals surface area (Å²) in [5.41, 5.74) is -0.583. The summed E-state index contributed by atoms with van der Waals surface area (Å²) in [6, 6.07) is 3.57. The summed E-state index contributed by atoms with van der Waals surface area (Å²) < 4.78 is 18.7. The minimum Gasteiger partial charge on any atom is -0.464 e. The van der Waals surface area contributed by atoms with Gasteiger partial charge in [0.25, 0.3) is 0 Å². The van der Waals surface area contributed by atoms with Gasteiger partial charge >= 0.3 is 12.2 Å². The number of imide groups is 1. The minimum atomic E-state index is -1.57. The first-order valence-electron chi connectivity index (χ1n) is 7.07. The number of carbonyl (C=O) groups excluding carboxylic acids is 1. The van der Waals surface area contributed by atoms with Gasteiger partial charge in [-0.15, -0.1) is 0 Å². The van der Waals surface area contributed by atoms with E-state index < -0.39 is 30.2 Å². The number of anilines is 1. The average Bonchev–Trinajstić information content (AvgIpc) is 2.43. The van der Waals surface area contributed by atoms with Crippen LogP contribution in [0.15, 0.2) is 24.4 Å². The van der Waals surface area contributed by atoms with Crippen molar-refractivity contribution in [2.24, 2.45) is 0 Å². The zero-order chi connectivity index (χ0) is 18.1. The molecule has 0 aliphatic carbocycles. The summed E-state index contributed by atoms with van der Waals surface area (Å²) in [5.74, 6) is -0.818. The molecule has 0 atom stereocenters. The molecule has 0 radical (unpaired) electrons. The molecule has 0 spiro atoms. The van der Waals surface area contributed by atoms with Gasteiger partial charge in [0.05, 0.1) is 6.61 Å². The molecular weight excluding hydrogens is 319 g/mol. The number of fused-ring (bicyclic) bond motifs is 1. The predicted molar refractivity (Wildman–Crippen MR) is 84.4 cm³/mol. The summed E-state index contributed by atoms with van der Waals surface area (Å²) >= 11 is 0. The van der Waals surface area contributed by atoms with Crippen LogP contribution in [0.1, 0.15) is 26.3 Å². The highest BCUT2D eigenvalue weighted by Gasteiger charge is 2.29. The molecule has 2 amide bonds. The Kier molecular flexibility index (Phi) is 4.70. The molecule has 0 aliphatic heterocycles. The second-order valence-electron chi connectivity index (χ2n) is 6.08. The Balaban J connectivity index is 2.52. The van der Waals surface area contributed by atoms with Crippen molar-refractivity contribution in [2.45, 2.75) is 33.0 Å². The Morgan fingerprint density at radius 2 is 1.96 bits per heavy atom. The van der Waals surface area contributed by atoms with Gasteiger partial charge in [0.2, 0.25) is 0 Å². The number of ether oxygens (including phenoxy) is 1. The van der Waals surface area contributed by atoms with Crippen molar-refractivity contribution in [3.05, 3.63) is 35.8 Å². The van der Waals surface area contributed by atoms with E-state index in [1.54, 1.807) is 20.8 Å². The third kappa shape index (κ3) is 3.77. The van der Waals surface area contributed by atoms with Crippen LogP contribution in [0.2, 0.25) is 0 Å². The molecule has 0 aliphatic rings. The van der Waals surface area contributed by atoms with Crippen molar-refractivity contribution in [2.75, 3.05) is 4.90 Å². The molecular formula is C16H17FN2O5. The molecule has 0 bridgehead atoms. The smallest absolute Gasteiger partial charge is 0.425 e. The van der Waals surface area contributed by atoms with E-state index in [1.807, 2.05) is 0 Å². The van der Waals surface area contributed by atoms with Crippen molar-refractivity contribution >= 4 is 28.8 Å². The summed E-state index contributed by atoms with van der Waals surface area (Å²) in [4.78, 5) is 27.8. The number of nitrogens with zero attached hydrogens (tertiary/aromatic N) is 2. The highest BCUT2D eigenvalue weighted by molar-refractivity contribution is 6.08. The number of carboxylic acid groups (broad SMARTS) is 1. The van der Waals surface area contributed by atoms with Gasteiger partial charge in [-0.2, -0.15) is 4.90 Å². The summed E-state index contributed by atoms with van der Waals surface area (Å²) in [6.45, 7) is 4.40. The summed E-state index contributed by atoms with van der Waals surface area (Å²) in [6.07, 6.45) is -1.41. The number of hydrogen-bond acceptors (Lipinski definition) is 5. The highest BCUT2D eigenvalue weighted by atomic mass is 19.1. The fraction of sp³-hybridized carbons (Fsp3) is 0.312. The molecule has 0 fully saturated rings. The number of hydrogen-bond donors (Lipinski definition) is 2. The highest BCUT2D eigenvalue weighted by Crippen LogP contribution is 2.25. The van der Waals surface area contributed by atoms with Crippen LogP contribution in [0.5, 0.6) is 0 Å². The quantitative estimate of drug-likeness (QED) is 0.873. The largest absolute Gasteiger partial charge is 0.464 e. The van der Waals surface area contributed by atoms with E-state index in [2.05, 4.69) is 4.98 Å². The SMILES string of the molecule is CC(C)(C)OC(=O)N(C(=O)O)c1cc2cc(F)cc(CO)c2cn1. The average molecular weight is 336 g/mol. The maximum atomic E-state index is 13.6. The minimum absolute atomic E-state index is 0.223. The Hall–Kier alpha value is -2.74. The monoisotopic (exact) mass is 336 g/mol. The van der Waals surface area contributed by atoms with Crippen molar-refractivity contribution in [1.82, 2.24) is 4.98 Å². The number of rotatable bonds is 2. The molecule has 2 aromatic rings.